The Morgan fingerprint density at radius 2 is 1.53 bits per heavy atom. The average molecular weight is 279 g/mol. The highest BCUT2D eigenvalue weighted by molar-refractivity contribution is 5.43. The van der Waals surface area contributed by atoms with E-state index in [1.807, 2.05) is 6.20 Å². The standard InChI is InChI=1S/C16H22N2.ClH/c1-11-9-12(2)14(13(3)10-11)18-8-7-17-15(18)16(4,5)6;/h7-10H,1-6H3;1H. The fourth-order valence-corrected chi connectivity index (χ4v) is 2.65. The molecular weight excluding hydrogens is 256 g/mol. The molecule has 0 aliphatic rings. The molecule has 0 aliphatic carbocycles. The molecule has 0 saturated carbocycles. The number of imidazole rings is 1. The maximum Gasteiger partial charge on any atom is 0.264 e. The molecule has 1 N–H and O–H groups in total. The van der Waals surface area contributed by atoms with Crippen LogP contribution in [0.25, 0.3) is 5.69 Å². The maximum absolute atomic E-state index is 3.38. The third kappa shape index (κ3) is 3.01. The molecule has 1 aromatic heterocycles. The van der Waals surface area contributed by atoms with Gasteiger partial charge < -0.3 is 12.4 Å². The smallest absolute Gasteiger partial charge is 0.264 e. The molecule has 0 bridgehead atoms. The Hall–Kier alpha value is -1.28. The zero-order chi connectivity index (χ0) is 13.5. The predicted molar refractivity (Wildman–Crippen MR) is 75.2 cm³/mol. The molecule has 104 valence electrons. The molecule has 0 atom stereocenters. The number of rotatable bonds is 1. The van der Waals surface area contributed by atoms with Crippen molar-refractivity contribution in [2.24, 2.45) is 0 Å². The molecule has 2 aromatic rings. The fraction of sp³-hybridized carbons (Fsp3) is 0.438. The van der Waals surface area contributed by atoms with Crippen molar-refractivity contribution in [2.45, 2.75) is 47.0 Å². The second-order valence-electron chi connectivity index (χ2n) is 6.18. The largest absolute Gasteiger partial charge is 1.00 e. The first-order valence-corrected chi connectivity index (χ1v) is 6.48. The molecule has 0 spiro atoms. The Labute approximate surface area is 122 Å². The summed E-state index contributed by atoms with van der Waals surface area (Å²) in [4.78, 5) is 3.38. The highest BCUT2D eigenvalue weighted by atomic mass is 35.5. The Bertz CT molecular complexity index is 554. The lowest BCUT2D eigenvalue weighted by Crippen LogP contribution is -3.00. The summed E-state index contributed by atoms with van der Waals surface area (Å²) in [6.07, 6.45) is 4.13. The number of aromatic amines is 1. The molecule has 1 heterocycles. The van der Waals surface area contributed by atoms with Crippen molar-refractivity contribution in [1.82, 2.24) is 4.98 Å². The van der Waals surface area contributed by atoms with E-state index < -0.39 is 0 Å². The summed E-state index contributed by atoms with van der Waals surface area (Å²) in [6.45, 7) is 13.2. The van der Waals surface area contributed by atoms with E-state index in [4.69, 9.17) is 0 Å². The number of aromatic nitrogens is 2. The minimum atomic E-state index is 0. The topological polar surface area (TPSA) is 19.7 Å². The van der Waals surface area contributed by atoms with Crippen molar-refractivity contribution < 1.29 is 17.0 Å². The number of nitrogens with one attached hydrogen (secondary N) is 1. The Balaban J connectivity index is 0.00000180. The molecule has 1 aromatic carbocycles. The number of halogens is 1. The van der Waals surface area contributed by atoms with Crippen LogP contribution in [0.15, 0.2) is 24.5 Å². The summed E-state index contributed by atoms with van der Waals surface area (Å²) in [5, 5.41) is 0. The van der Waals surface area contributed by atoms with Crippen LogP contribution >= 0.6 is 0 Å². The van der Waals surface area contributed by atoms with E-state index in [0.29, 0.717) is 0 Å². The van der Waals surface area contributed by atoms with Crippen molar-refractivity contribution in [3.05, 3.63) is 47.0 Å². The Morgan fingerprint density at radius 3 is 2.00 bits per heavy atom. The molecule has 0 saturated heterocycles. The van der Waals surface area contributed by atoms with E-state index in [9.17, 15) is 0 Å². The zero-order valence-electron chi connectivity index (χ0n) is 12.6. The third-order valence-electron chi connectivity index (χ3n) is 3.27. The van der Waals surface area contributed by atoms with Gasteiger partial charge in [0.25, 0.3) is 5.82 Å². The van der Waals surface area contributed by atoms with Crippen molar-refractivity contribution in [3.63, 3.8) is 0 Å². The average Bonchev–Trinajstić information content (AvgIpc) is 2.63. The molecule has 19 heavy (non-hydrogen) atoms. The van der Waals surface area contributed by atoms with Crippen LogP contribution in [0.5, 0.6) is 0 Å². The minimum Gasteiger partial charge on any atom is -1.00 e. The van der Waals surface area contributed by atoms with Gasteiger partial charge in [-0.1, -0.05) is 17.7 Å². The van der Waals surface area contributed by atoms with Crippen molar-refractivity contribution in [2.75, 3.05) is 0 Å². The van der Waals surface area contributed by atoms with Gasteiger partial charge in [-0.2, -0.15) is 4.57 Å². The zero-order valence-corrected chi connectivity index (χ0v) is 13.4. The molecule has 2 rings (SSSR count). The van der Waals surface area contributed by atoms with Crippen molar-refractivity contribution >= 4 is 0 Å². The number of H-pyrrole nitrogens is 1. The number of nitrogens with zero attached hydrogens (tertiary/aromatic N) is 1. The highest BCUT2D eigenvalue weighted by Gasteiger charge is 2.28. The molecule has 2 nitrogen and oxygen atoms in total. The van der Waals surface area contributed by atoms with Crippen LogP contribution in [0.3, 0.4) is 0 Å². The number of hydrogen-bond donors (Lipinski definition) is 1. The number of aryl methyl sites for hydroxylation is 3. The Kier molecular flexibility index (Phi) is 4.46. The first-order valence-electron chi connectivity index (χ1n) is 6.48. The van der Waals surface area contributed by atoms with Gasteiger partial charge in [-0.15, -0.1) is 0 Å². The third-order valence-corrected chi connectivity index (χ3v) is 3.27. The quantitative estimate of drug-likeness (QED) is 0.734. The summed E-state index contributed by atoms with van der Waals surface area (Å²) in [5.74, 6) is 1.23. The second kappa shape index (κ2) is 5.38. The van der Waals surface area contributed by atoms with Gasteiger partial charge in [0.05, 0.1) is 5.41 Å². The van der Waals surface area contributed by atoms with E-state index in [2.05, 4.69) is 69.4 Å². The molecule has 3 heteroatoms. The van der Waals surface area contributed by atoms with Gasteiger partial charge in [0.1, 0.15) is 18.1 Å². The summed E-state index contributed by atoms with van der Waals surface area (Å²) in [7, 11) is 0. The monoisotopic (exact) mass is 278 g/mol. The van der Waals surface area contributed by atoms with Crippen molar-refractivity contribution in [3.8, 4) is 5.69 Å². The van der Waals surface area contributed by atoms with Crippen LogP contribution < -0.4 is 17.0 Å². The van der Waals surface area contributed by atoms with Crippen LogP contribution in [0.2, 0.25) is 0 Å². The first-order chi connectivity index (χ1) is 8.30. The van der Waals surface area contributed by atoms with Crippen LogP contribution in [0, 0.1) is 20.8 Å². The lowest BCUT2D eigenvalue weighted by Gasteiger charge is -2.16. The van der Waals surface area contributed by atoms with E-state index in [1.165, 1.54) is 28.2 Å². The van der Waals surface area contributed by atoms with Gasteiger partial charge in [0.2, 0.25) is 0 Å². The van der Waals surface area contributed by atoms with Gasteiger partial charge in [0, 0.05) is 0 Å². The highest BCUT2D eigenvalue weighted by Crippen LogP contribution is 2.21. The van der Waals surface area contributed by atoms with E-state index in [1.54, 1.807) is 0 Å². The van der Waals surface area contributed by atoms with E-state index in [-0.39, 0.29) is 17.8 Å². The Morgan fingerprint density at radius 1 is 1.00 bits per heavy atom. The van der Waals surface area contributed by atoms with Crippen LogP contribution in [0.4, 0.5) is 0 Å². The summed E-state index contributed by atoms with van der Waals surface area (Å²) < 4.78 is 2.28. The van der Waals surface area contributed by atoms with Gasteiger partial charge >= 0.3 is 0 Å². The summed E-state index contributed by atoms with van der Waals surface area (Å²) in [5.41, 5.74) is 5.37. The van der Waals surface area contributed by atoms with Gasteiger partial charge in [-0.05, 0) is 52.7 Å². The number of hydrogen-bond acceptors (Lipinski definition) is 0. The molecular formula is C16H23ClN2. The normalized spacial score (nSPS) is 11.3. The SMILES string of the molecule is Cc1cc(C)c(-[n+]2cc[nH]c2C(C)(C)C)c(C)c1.[Cl-]. The second-order valence-corrected chi connectivity index (χ2v) is 6.18. The predicted octanol–water partition coefficient (Wildman–Crippen LogP) is 0.518. The molecule has 0 amide bonds. The van der Waals surface area contributed by atoms with Crippen LogP contribution in [0.1, 0.15) is 43.3 Å². The summed E-state index contributed by atoms with van der Waals surface area (Å²) >= 11 is 0. The minimum absolute atomic E-state index is 0. The lowest BCUT2D eigenvalue weighted by atomic mass is 9.95. The first kappa shape index (κ1) is 15.8. The number of benzene rings is 1. The maximum atomic E-state index is 3.38. The fourth-order valence-electron chi connectivity index (χ4n) is 2.65. The van der Waals surface area contributed by atoms with Crippen molar-refractivity contribution in [1.29, 1.82) is 0 Å². The molecule has 0 radical (unpaired) electrons. The van der Waals surface area contributed by atoms with Gasteiger partial charge in [-0.25, -0.2) is 4.98 Å². The van der Waals surface area contributed by atoms with Gasteiger partial charge in [0.15, 0.2) is 0 Å². The van der Waals surface area contributed by atoms with Gasteiger partial charge in [-0.3, -0.25) is 0 Å². The van der Waals surface area contributed by atoms with Crippen LogP contribution in [-0.2, 0) is 5.41 Å². The molecule has 0 unspecified atom stereocenters. The lowest BCUT2D eigenvalue weighted by molar-refractivity contribution is -0.607. The molecule has 0 aliphatic heterocycles. The van der Waals surface area contributed by atoms with Crippen LogP contribution in [-0.4, -0.2) is 4.98 Å². The summed E-state index contributed by atoms with van der Waals surface area (Å²) in [6, 6.07) is 4.49. The van der Waals surface area contributed by atoms with E-state index in [0.717, 1.165) is 0 Å². The molecule has 0 fully saturated rings. The van der Waals surface area contributed by atoms with E-state index >= 15 is 0 Å².